The second-order valence-corrected chi connectivity index (χ2v) is 6.45. The molecule has 3 rings (SSSR count). The lowest BCUT2D eigenvalue weighted by Crippen LogP contribution is -2.25. The minimum Gasteiger partial charge on any atom is -0.351 e. The van der Waals surface area contributed by atoms with Gasteiger partial charge in [0.1, 0.15) is 5.82 Å². The van der Waals surface area contributed by atoms with E-state index in [4.69, 9.17) is 0 Å². The van der Waals surface area contributed by atoms with E-state index >= 15 is 0 Å². The maximum Gasteiger partial charge on any atom is 0.271 e. The number of carbonyl (C=O) groups excluding carboxylic acids is 2. The molecule has 0 bridgehead atoms. The largest absolute Gasteiger partial charge is 0.351 e. The van der Waals surface area contributed by atoms with Crippen molar-refractivity contribution in [2.75, 3.05) is 11.9 Å². The van der Waals surface area contributed by atoms with E-state index in [-0.39, 0.29) is 17.5 Å². The summed E-state index contributed by atoms with van der Waals surface area (Å²) in [5.41, 5.74) is 1.39. The lowest BCUT2D eigenvalue weighted by Gasteiger charge is -2.05. The molecule has 0 radical (unpaired) electrons. The molecule has 146 valence electrons. The van der Waals surface area contributed by atoms with E-state index in [9.17, 15) is 9.59 Å². The first kappa shape index (κ1) is 19.3. The van der Waals surface area contributed by atoms with Crippen LogP contribution in [-0.2, 0) is 24.8 Å². The first-order chi connectivity index (χ1) is 13.6. The summed E-state index contributed by atoms with van der Waals surface area (Å²) in [4.78, 5) is 24.4. The van der Waals surface area contributed by atoms with Gasteiger partial charge in [0.25, 0.3) is 5.91 Å². The lowest BCUT2D eigenvalue weighted by molar-refractivity contribution is -0.116. The molecule has 2 heterocycles. The van der Waals surface area contributed by atoms with Crippen LogP contribution < -0.4 is 10.6 Å². The number of hydrogen-bond donors (Lipinski definition) is 2. The Hall–Kier alpha value is -3.42. The SMILES string of the molecule is Cn1nc(C(=O)NCCCn2cccn2)cc1NC(=O)CCc1ccccc1. The minimum absolute atomic E-state index is 0.113. The van der Waals surface area contributed by atoms with Crippen LogP contribution >= 0.6 is 0 Å². The molecular formula is C20H24N6O2. The molecule has 0 fully saturated rings. The highest BCUT2D eigenvalue weighted by molar-refractivity contribution is 5.95. The first-order valence-electron chi connectivity index (χ1n) is 9.25. The molecule has 3 aromatic rings. The van der Waals surface area contributed by atoms with Gasteiger partial charge in [0, 0.05) is 45.0 Å². The molecule has 0 atom stereocenters. The van der Waals surface area contributed by atoms with Gasteiger partial charge in [0.2, 0.25) is 5.91 Å². The Bertz CT molecular complexity index is 902. The molecular weight excluding hydrogens is 356 g/mol. The van der Waals surface area contributed by atoms with E-state index in [1.165, 1.54) is 4.68 Å². The van der Waals surface area contributed by atoms with Crippen molar-refractivity contribution in [3.8, 4) is 0 Å². The molecule has 2 amide bonds. The highest BCUT2D eigenvalue weighted by atomic mass is 16.2. The van der Waals surface area contributed by atoms with Crippen molar-refractivity contribution in [3.63, 3.8) is 0 Å². The fourth-order valence-corrected chi connectivity index (χ4v) is 2.77. The standard InChI is InChI=1S/C20H24N6O2/c1-25-18(23-19(27)10-9-16-7-3-2-4-8-16)15-17(24-25)20(28)21-11-5-13-26-14-6-12-22-26/h2-4,6-8,12,14-15H,5,9-11,13H2,1H3,(H,21,28)(H,23,27). The Morgan fingerprint density at radius 2 is 1.96 bits per heavy atom. The second kappa shape index (κ2) is 9.50. The fraction of sp³-hybridized carbons (Fsp3) is 0.300. The first-order valence-corrected chi connectivity index (χ1v) is 9.25. The van der Waals surface area contributed by atoms with Gasteiger partial charge >= 0.3 is 0 Å². The van der Waals surface area contributed by atoms with E-state index in [2.05, 4.69) is 20.8 Å². The molecule has 0 aliphatic heterocycles. The second-order valence-electron chi connectivity index (χ2n) is 6.45. The summed E-state index contributed by atoms with van der Waals surface area (Å²) >= 11 is 0. The zero-order chi connectivity index (χ0) is 19.8. The van der Waals surface area contributed by atoms with Crippen LogP contribution in [0, 0.1) is 0 Å². The zero-order valence-corrected chi connectivity index (χ0v) is 15.8. The van der Waals surface area contributed by atoms with Crippen LogP contribution in [0.4, 0.5) is 5.82 Å². The van der Waals surface area contributed by atoms with Crippen LogP contribution in [0.1, 0.15) is 28.9 Å². The topological polar surface area (TPSA) is 93.8 Å². The highest BCUT2D eigenvalue weighted by Gasteiger charge is 2.14. The van der Waals surface area contributed by atoms with Gasteiger partial charge in [0.15, 0.2) is 5.69 Å². The smallest absolute Gasteiger partial charge is 0.271 e. The number of aromatic nitrogens is 4. The third kappa shape index (κ3) is 5.54. The molecule has 8 nitrogen and oxygen atoms in total. The van der Waals surface area contributed by atoms with Crippen molar-refractivity contribution >= 4 is 17.6 Å². The van der Waals surface area contributed by atoms with Gasteiger partial charge in [-0.2, -0.15) is 10.2 Å². The van der Waals surface area contributed by atoms with Crippen molar-refractivity contribution in [1.29, 1.82) is 0 Å². The summed E-state index contributed by atoms with van der Waals surface area (Å²) in [6, 6.07) is 13.3. The Labute approximate surface area is 163 Å². The van der Waals surface area contributed by atoms with E-state index in [1.54, 1.807) is 19.3 Å². The van der Waals surface area contributed by atoms with Crippen LogP contribution in [0.3, 0.4) is 0 Å². The minimum atomic E-state index is -0.263. The van der Waals surface area contributed by atoms with Crippen LogP contribution in [0.2, 0.25) is 0 Å². The Balaban J connectivity index is 1.45. The van der Waals surface area contributed by atoms with E-state index < -0.39 is 0 Å². The Morgan fingerprint density at radius 1 is 1.14 bits per heavy atom. The number of rotatable bonds is 9. The average molecular weight is 380 g/mol. The van der Waals surface area contributed by atoms with E-state index in [0.717, 1.165) is 18.5 Å². The summed E-state index contributed by atoms with van der Waals surface area (Å²) in [6.07, 6.45) is 5.40. The van der Waals surface area contributed by atoms with Crippen LogP contribution in [-0.4, -0.2) is 37.9 Å². The molecule has 0 saturated carbocycles. The van der Waals surface area contributed by atoms with Crippen molar-refractivity contribution in [1.82, 2.24) is 24.9 Å². The van der Waals surface area contributed by atoms with Crippen LogP contribution in [0.25, 0.3) is 0 Å². The maximum absolute atomic E-state index is 12.2. The van der Waals surface area contributed by atoms with Gasteiger partial charge in [-0.1, -0.05) is 30.3 Å². The number of anilines is 1. The highest BCUT2D eigenvalue weighted by Crippen LogP contribution is 2.11. The van der Waals surface area contributed by atoms with Gasteiger partial charge in [-0.05, 0) is 24.5 Å². The molecule has 0 aliphatic rings. The number of aryl methyl sites for hydroxylation is 3. The van der Waals surface area contributed by atoms with Gasteiger partial charge in [-0.25, -0.2) is 0 Å². The molecule has 1 aromatic carbocycles. The number of nitrogens with zero attached hydrogens (tertiary/aromatic N) is 4. The van der Waals surface area contributed by atoms with Crippen molar-refractivity contribution in [2.24, 2.45) is 7.05 Å². The third-order valence-electron chi connectivity index (χ3n) is 4.27. The van der Waals surface area contributed by atoms with Gasteiger partial charge in [0.05, 0.1) is 0 Å². The Morgan fingerprint density at radius 3 is 2.71 bits per heavy atom. The van der Waals surface area contributed by atoms with Crippen molar-refractivity contribution in [3.05, 3.63) is 66.1 Å². The predicted octanol–water partition coefficient (Wildman–Crippen LogP) is 2.01. The summed E-state index contributed by atoms with van der Waals surface area (Å²) in [5.74, 6) is 0.124. The van der Waals surface area contributed by atoms with Gasteiger partial charge in [-0.15, -0.1) is 0 Å². The fourth-order valence-electron chi connectivity index (χ4n) is 2.77. The maximum atomic E-state index is 12.2. The van der Waals surface area contributed by atoms with Crippen molar-refractivity contribution < 1.29 is 9.59 Å². The van der Waals surface area contributed by atoms with E-state index in [0.29, 0.717) is 25.2 Å². The predicted molar refractivity (Wildman–Crippen MR) is 106 cm³/mol. The number of benzene rings is 1. The molecule has 0 saturated heterocycles. The molecule has 2 aromatic heterocycles. The number of carbonyl (C=O) groups is 2. The van der Waals surface area contributed by atoms with E-state index in [1.807, 2.05) is 47.3 Å². The molecule has 0 spiro atoms. The summed E-state index contributed by atoms with van der Waals surface area (Å²) in [6.45, 7) is 1.26. The molecule has 0 unspecified atom stereocenters. The number of nitrogens with one attached hydrogen (secondary N) is 2. The lowest BCUT2D eigenvalue weighted by atomic mass is 10.1. The summed E-state index contributed by atoms with van der Waals surface area (Å²) in [5, 5.41) is 13.9. The molecule has 8 heteroatoms. The normalized spacial score (nSPS) is 10.6. The molecule has 0 aliphatic carbocycles. The summed E-state index contributed by atoms with van der Waals surface area (Å²) < 4.78 is 3.31. The molecule has 28 heavy (non-hydrogen) atoms. The zero-order valence-electron chi connectivity index (χ0n) is 15.8. The molecule has 2 N–H and O–H groups in total. The quantitative estimate of drug-likeness (QED) is 0.555. The third-order valence-corrected chi connectivity index (χ3v) is 4.27. The van der Waals surface area contributed by atoms with Gasteiger partial charge < -0.3 is 10.6 Å². The monoisotopic (exact) mass is 380 g/mol. The van der Waals surface area contributed by atoms with Crippen LogP contribution in [0.5, 0.6) is 0 Å². The number of amides is 2. The Kier molecular flexibility index (Phi) is 6.56. The average Bonchev–Trinajstić information content (AvgIpc) is 3.34. The van der Waals surface area contributed by atoms with Crippen LogP contribution in [0.15, 0.2) is 54.9 Å². The number of hydrogen-bond acceptors (Lipinski definition) is 4. The summed E-state index contributed by atoms with van der Waals surface area (Å²) in [7, 11) is 1.70. The van der Waals surface area contributed by atoms with Gasteiger partial charge in [-0.3, -0.25) is 19.0 Å². The van der Waals surface area contributed by atoms with Crippen molar-refractivity contribution in [2.45, 2.75) is 25.8 Å².